The SMILES string of the molecule is O=C(NCCNC(=O)c1c(F)cccc1F)NCC1CCOC1. The van der Waals surface area contributed by atoms with Gasteiger partial charge in [0.15, 0.2) is 0 Å². The molecule has 1 aliphatic rings. The molecule has 6 nitrogen and oxygen atoms in total. The van der Waals surface area contributed by atoms with Crippen molar-refractivity contribution in [1.82, 2.24) is 16.0 Å². The minimum absolute atomic E-state index is 0.0621. The van der Waals surface area contributed by atoms with Crippen LogP contribution in [-0.4, -0.2) is 44.8 Å². The third-order valence-electron chi connectivity index (χ3n) is 3.46. The molecule has 126 valence electrons. The van der Waals surface area contributed by atoms with Crippen LogP contribution in [0.15, 0.2) is 18.2 Å². The number of ether oxygens (including phenoxy) is 1. The minimum atomic E-state index is -0.924. The molecule has 1 aliphatic heterocycles. The van der Waals surface area contributed by atoms with Crippen LogP contribution in [-0.2, 0) is 4.74 Å². The van der Waals surface area contributed by atoms with Crippen LogP contribution in [0.25, 0.3) is 0 Å². The molecule has 0 saturated carbocycles. The van der Waals surface area contributed by atoms with Crippen molar-refractivity contribution in [3.8, 4) is 0 Å². The molecule has 3 N–H and O–H groups in total. The summed E-state index contributed by atoms with van der Waals surface area (Å²) in [4.78, 5) is 23.2. The second kappa shape index (κ2) is 8.42. The van der Waals surface area contributed by atoms with Crippen molar-refractivity contribution in [3.05, 3.63) is 35.4 Å². The zero-order valence-electron chi connectivity index (χ0n) is 12.5. The lowest BCUT2D eigenvalue weighted by molar-refractivity contribution is 0.0945. The lowest BCUT2D eigenvalue weighted by Gasteiger charge is -2.11. The van der Waals surface area contributed by atoms with Gasteiger partial charge in [-0.2, -0.15) is 0 Å². The summed E-state index contributed by atoms with van der Waals surface area (Å²) >= 11 is 0. The Morgan fingerprint density at radius 2 is 1.83 bits per heavy atom. The molecule has 1 fully saturated rings. The van der Waals surface area contributed by atoms with Crippen LogP contribution in [0.4, 0.5) is 13.6 Å². The lowest BCUT2D eigenvalue weighted by Crippen LogP contribution is -2.42. The number of nitrogens with one attached hydrogen (secondary N) is 3. The van der Waals surface area contributed by atoms with Crippen molar-refractivity contribution in [1.29, 1.82) is 0 Å². The Morgan fingerprint density at radius 1 is 1.13 bits per heavy atom. The smallest absolute Gasteiger partial charge is 0.314 e. The predicted molar refractivity (Wildman–Crippen MR) is 79.0 cm³/mol. The van der Waals surface area contributed by atoms with Gasteiger partial charge in [0.2, 0.25) is 0 Å². The van der Waals surface area contributed by atoms with E-state index in [0.29, 0.717) is 25.7 Å². The van der Waals surface area contributed by atoms with Crippen LogP contribution < -0.4 is 16.0 Å². The number of rotatable bonds is 6. The molecule has 1 aromatic rings. The molecule has 1 heterocycles. The van der Waals surface area contributed by atoms with E-state index in [-0.39, 0.29) is 19.1 Å². The number of halogens is 2. The van der Waals surface area contributed by atoms with Crippen LogP contribution in [0.1, 0.15) is 16.8 Å². The van der Waals surface area contributed by atoms with Crippen LogP contribution in [0.5, 0.6) is 0 Å². The van der Waals surface area contributed by atoms with Crippen molar-refractivity contribution in [2.45, 2.75) is 6.42 Å². The van der Waals surface area contributed by atoms with E-state index in [1.807, 2.05) is 0 Å². The largest absolute Gasteiger partial charge is 0.381 e. The van der Waals surface area contributed by atoms with Crippen molar-refractivity contribution in [2.24, 2.45) is 5.92 Å². The number of carbonyl (C=O) groups is 2. The van der Waals surface area contributed by atoms with E-state index in [1.165, 1.54) is 6.07 Å². The molecule has 1 aromatic carbocycles. The number of hydrogen-bond acceptors (Lipinski definition) is 3. The van der Waals surface area contributed by atoms with Crippen LogP contribution in [0.3, 0.4) is 0 Å². The highest BCUT2D eigenvalue weighted by molar-refractivity contribution is 5.94. The normalized spacial score (nSPS) is 16.9. The summed E-state index contributed by atoms with van der Waals surface area (Å²) in [6, 6.07) is 2.85. The zero-order valence-corrected chi connectivity index (χ0v) is 12.5. The fourth-order valence-corrected chi connectivity index (χ4v) is 2.20. The average molecular weight is 327 g/mol. The molecule has 0 spiro atoms. The monoisotopic (exact) mass is 327 g/mol. The molecule has 2 rings (SSSR count). The molecule has 1 unspecified atom stereocenters. The molecule has 3 amide bonds. The standard InChI is InChI=1S/C15H19F2N3O3/c16-11-2-1-3-12(17)13(11)14(21)18-5-6-19-15(22)20-8-10-4-7-23-9-10/h1-3,10H,4-9H2,(H,18,21)(H2,19,20,22). The molecule has 23 heavy (non-hydrogen) atoms. The van der Waals surface area contributed by atoms with Gasteiger partial charge in [0.25, 0.3) is 5.91 Å². The second-order valence-electron chi connectivity index (χ2n) is 5.22. The maximum atomic E-state index is 13.4. The maximum absolute atomic E-state index is 13.4. The van der Waals surface area contributed by atoms with Crippen molar-refractivity contribution in [3.63, 3.8) is 0 Å². The number of hydrogen-bond donors (Lipinski definition) is 3. The molecular weight excluding hydrogens is 308 g/mol. The predicted octanol–water partition coefficient (Wildman–Crippen LogP) is 1.03. The molecular formula is C15H19F2N3O3. The summed E-state index contributed by atoms with van der Waals surface area (Å²) in [6.45, 7) is 2.09. The first kappa shape index (κ1) is 17.1. The molecule has 8 heteroatoms. The number of amides is 3. The Bertz CT molecular complexity index is 543. The van der Waals surface area contributed by atoms with Crippen molar-refractivity contribution < 1.29 is 23.1 Å². The Balaban J connectivity index is 1.64. The Labute approximate surface area is 132 Å². The number of urea groups is 1. The van der Waals surface area contributed by atoms with Gasteiger partial charge < -0.3 is 20.7 Å². The van der Waals surface area contributed by atoms with Crippen molar-refractivity contribution >= 4 is 11.9 Å². The quantitative estimate of drug-likeness (QED) is 0.683. The molecule has 1 saturated heterocycles. The van der Waals surface area contributed by atoms with E-state index in [0.717, 1.165) is 18.6 Å². The summed E-state index contributed by atoms with van der Waals surface area (Å²) in [5.74, 6) is -2.38. The molecule has 0 radical (unpaired) electrons. The van der Waals surface area contributed by atoms with Gasteiger partial charge in [-0.1, -0.05) is 6.07 Å². The lowest BCUT2D eigenvalue weighted by atomic mass is 10.1. The van der Waals surface area contributed by atoms with E-state index < -0.39 is 23.1 Å². The highest BCUT2D eigenvalue weighted by Gasteiger charge is 2.17. The van der Waals surface area contributed by atoms with E-state index >= 15 is 0 Å². The Morgan fingerprint density at radius 3 is 2.48 bits per heavy atom. The minimum Gasteiger partial charge on any atom is -0.381 e. The highest BCUT2D eigenvalue weighted by Crippen LogP contribution is 2.11. The fraction of sp³-hybridized carbons (Fsp3) is 0.467. The summed E-state index contributed by atoms with van der Waals surface area (Å²) in [5.41, 5.74) is -0.627. The van der Waals surface area contributed by atoms with E-state index in [4.69, 9.17) is 4.74 Å². The zero-order chi connectivity index (χ0) is 16.7. The molecule has 1 atom stereocenters. The van der Waals surface area contributed by atoms with Gasteiger partial charge in [-0.05, 0) is 18.6 Å². The van der Waals surface area contributed by atoms with E-state index in [1.54, 1.807) is 0 Å². The first-order valence-electron chi connectivity index (χ1n) is 7.39. The second-order valence-corrected chi connectivity index (χ2v) is 5.22. The third-order valence-corrected chi connectivity index (χ3v) is 3.46. The van der Waals surface area contributed by atoms with Gasteiger partial charge in [-0.3, -0.25) is 4.79 Å². The van der Waals surface area contributed by atoms with Gasteiger partial charge >= 0.3 is 6.03 Å². The maximum Gasteiger partial charge on any atom is 0.314 e. The number of benzene rings is 1. The summed E-state index contributed by atoms with van der Waals surface area (Å²) in [6.07, 6.45) is 0.921. The van der Waals surface area contributed by atoms with Gasteiger partial charge in [0.05, 0.1) is 6.61 Å². The van der Waals surface area contributed by atoms with E-state index in [2.05, 4.69) is 16.0 Å². The van der Waals surface area contributed by atoms with Crippen molar-refractivity contribution in [2.75, 3.05) is 32.8 Å². The van der Waals surface area contributed by atoms with Gasteiger partial charge in [0.1, 0.15) is 17.2 Å². The molecule has 0 bridgehead atoms. The van der Waals surface area contributed by atoms with Crippen LogP contribution >= 0.6 is 0 Å². The van der Waals surface area contributed by atoms with Crippen LogP contribution in [0.2, 0.25) is 0 Å². The molecule has 0 aliphatic carbocycles. The Kier molecular flexibility index (Phi) is 6.28. The first-order chi connectivity index (χ1) is 11.1. The third kappa shape index (κ3) is 5.17. The summed E-state index contributed by atoms with van der Waals surface area (Å²) < 4.78 is 32.0. The Hall–Kier alpha value is -2.22. The first-order valence-corrected chi connectivity index (χ1v) is 7.39. The van der Waals surface area contributed by atoms with Gasteiger partial charge in [-0.15, -0.1) is 0 Å². The average Bonchev–Trinajstić information content (AvgIpc) is 3.03. The summed E-state index contributed by atoms with van der Waals surface area (Å²) in [7, 11) is 0. The fourth-order valence-electron chi connectivity index (χ4n) is 2.20. The van der Waals surface area contributed by atoms with Gasteiger partial charge in [-0.25, -0.2) is 13.6 Å². The topological polar surface area (TPSA) is 79.5 Å². The number of carbonyl (C=O) groups excluding carboxylic acids is 2. The van der Waals surface area contributed by atoms with Gasteiger partial charge in [0, 0.05) is 32.2 Å². The van der Waals surface area contributed by atoms with E-state index in [9.17, 15) is 18.4 Å². The summed E-state index contributed by atoms with van der Waals surface area (Å²) in [5, 5.41) is 7.60. The molecule has 0 aromatic heterocycles. The van der Waals surface area contributed by atoms with Crippen LogP contribution in [0, 0.1) is 17.6 Å². The highest BCUT2D eigenvalue weighted by atomic mass is 19.1.